The largest absolute Gasteiger partial charge is 0.479 e. The second-order valence-corrected chi connectivity index (χ2v) is 5.24. The van der Waals surface area contributed by atoms with Gasteiger partial charge in [-0.15, -0.1) is 0 Å². The van der Waals surface area contributed by atoms with Crippen molar-refractivity contribution in [3.05, 3.63) is 36.2 Å². The molecular weight excluding hydrogens is 286 g/mol. The van der Waals surface area contributed by atoms with Crippen LogP contribution in [0.2, 0.25) is 0 Å². The van der Waals surface area contributed by atoms with Crippen molar-refractivity contribution < 1.29 is 19.4 Å². The minimum Gasteiger partial charge on any atom is -0.479 e. The predicted molar refractivity (Wildman–Crippen MR) is 77.4 cm³/mol. The van der Waals surface area contributed by atoms with E-state index in [1.54, 1.807) is 37.5 Å². The molecule has 0 spiro atoms. The Bertz CT molecular complexity index is 734. The van der Waals surface area contributed by atoms with Crippen LogP contribution in [0.15, 0.2) is 30.6 Å². The molecule has 1 N–H and O–H groups in total. The predicted octanol–water partition coefficient (Wildman–Crippen LogP) is 0.944. The van der Waals surface area contributed by atoms with Crippen molar-refractivity contribution in [2.75, 3.05) is 13.1 Å². The number of nitrogens with zero attached hydrogens (tertiary/aromatic N) is 3. The molecule has 1 aliphatic heterocycles. The molecule has 7 heteroatoms. The van der Waals surface area contributed by atoms with E-state index >= 15 is 0 Å². The van der Waals surface area contributed by atoms with Gasteiger partial charge in [0.2, 0.25) is 0 Å². The Labute approximate surface area is 126 Å². The van der Waals surface area contributed by atoms with E-state index in [0.29, 0.717) is 23.1 Å². The van der Waals surface area contributed by atoms with Gasteiger partial charge in [0.1, 0.15) is 0 Å². The molecule has 1 aromatic carbocycles. The Morgan fingerprint density at radius 2 is 1.95 bits per heavy atom. The fourth-order valence-corrected chi connectivity index (χ4v) is 2.53. The highest BCUT2D eigenvalue weighted by Crippen LogP contribution is 2.17. The van der Waals surface area contributed by atoms with Crippen LogP contribution >= 0.6 is 0 Å². The van der Waals surface area contributed by atoms with Gasteiger partial charge in [-0.3, -0.25) is 14.8 Å². The molecule has 114 valence electrons. The molecule has 3 rings (SSSR count). The van der Waals surface area contributed by atoms with E-state index in [1.165, 1.54) is 4.90 Å². The van der Waals surface area contributed by atoms with E-state index in [2.05, 4.69) is 9.97 Å². The van der Waals surface area contributed by atoms with Crippen molar-refractivity contribution in [2.24, 2.45) is 0 Å². The highest BCUT2D eigenvalue weighted by atomic mass is 16.5. The number of carboxylic acids is 1. The van der Waals surface area contributed by atoms with Gasteiger partial charge in [-0.25, -0.2) is 4.79 Å². The van der Waals surface area contributed by atoms with Gasteiger partial charge >= 0.3 is 5.97 Å². The van der Waals surface area contributed by atoms with Crippen LogP contribution in [0.5, 0.6) is 0 Å². The standard InChI is InChI=1S/C15H15N3O4/c1-9-7-18(8-13(22-9)15(20)21)14(19)10-2-3-11-12(6-10)17-5-4-16-11/h2-6,9,13H,7-8H2,1H3,(H,20,21)/t9-,13?/m1/s1. The number of benzene rings is 1. The van der Waals surface area contributed by atoms with Crippen LogP contribution in [0, 0.1) is 0 Å². The van der Waals surface area contributed by atoms with Gasteiger partial charge in [-0.1, -0.05) is 0 Å². The van der Waals surface area contributed by atoms with Crippen LogP contribution in [0.4, 0.5) is 0 Å². The molecule has 0 bridgehead atoms. The first-order valence-corrected chi connectivity index (χ1v) is 6.93. The maximum absolute atomic E-state index is 12.6. The van der Waals surface area contributed by atoms with Gasteiger partial charge in [0.25, 0.3) is 5.91 Å². The number of hydrogen-bond donors (Lipinski definition) is 1. The maximum atomic E-state index is 12.6. The summed E-state index contributed by atoms with van der Waals surface area (Å²) in [4.78, 5) is 33.5. The number of ether oxygens (including phenoxy) is 1. The second kappa shape index (κ2) is 5.69. The monoisotopic (exact) mass is 301 g/mol. The molecule has 0 radical (unpaired) electrons. The number of amides is 1. The zero-order valence-electron chi connectivity index (χ0n) is 12.0. The molecular formula is C15H15N3O4. The number of aromatic nitrogens is 2. The normalized spacial score (nSPS) is 21.8. The zero-order chi connectivity index (χ0) is 15.7. The minimum atomic E-state index is -1.06. The number of hydrogen-bond acceptors (Lipinski definition) is 5. The summed E-state index contributed by atoms with van der Waals surface area (Å²) in [6.45, 7) is 2.15. The quantitative estimate of drug-likeness (QED) is 0.887. The lowest BCUT2D eigenvalue weighted by atomic mass is 10.1. The van der Waals surface area contributed by atoms with E-state index in [0.717, 1.165) is 0 Å². The van der Waals surface area contributed by atoms with Gasteiger partial charge < -0.3 is 14.7 Å². The average Bonchev–Trinajstić information content (AvgIpc) is 2.53. The number of carbonyl (C=O) groups is 2. The summed E-state index contributed by atoms with van der Waals surface area (Å²) >= 11 is 0. The number of carbonyl (C=O) groups excluding carboxylic acids is 1. The summed E-state index contributed by atoms with van der Waals surface area (Å²) < 4.78 is 5.32. The van der Waals surface area contributed by atoms with E-state index in [4.69, 9.17) is 9.84 Å². The summed E-state index contributed by atoms with van der Waals surface area (Å²) in [6, 6.07) is 5.07. The first kappa shape index (κ1) is 14.4. The summed E-state index contributed by atoms with van der Waals surface area (Å²) in [7, 11) is 0. The zero-order valence-corrected chi connectivity index (χ0v) is 12.0. The molecule has 0 aliphatic carbocycles. The molecule has 2 atom stereocenters. The third-order valence-electron chi connectivity index (χ3n) is 3.54. The topological polar surface area (TPSA) is 92.6 Å². The Morgan fingerprint density at radius 3 is 2.68 bits per heavy atom. The molecule has 1 unspecified atom stereocenters. The Kier molecular flexibility index (Phi) is 3.72. The molecule has 7 nitrogen and oxygen atoms in total. The average molecular weight is 301 g/mol. The van der Waals surface area contributed by atoms with Crippen LogP contribution in [0.3, 0.4) is 0 Å². The van der Waals surface area contributed by atoms with Crippen molar-refractivity contribution in [3.8, 4) is 0 Å². The van der Waals surface area contributed by atoms with Crippen LogP contribution in [0.25, 0.3) is 11.0 Å². The fraction of sp³-hybridized carbons (Fsp3) is 0.333. The fourth-order valence-electron chi connectivity index (χ4n) is 2.53. The van der Waals surface area contributed by atoms with Crippen molar-refractivity contribution in [2.45, 2.75) is 19.1 Å². The summed E-state index contributed by atoms with van der Waals surface area (Å²) in [5, 5.41) is 9.09. The third-order valence-corrected chi connectivity index (χ3v) is 3.54. The van der Waals surface area contributed by atoms with Gasteiger partial charge in [0, 0.05) is 24.5 Å². The highest BCUT2D eigenvalue weighted by Gasteiger charge is 2.33. The first-order chi connectivity index (χ1) is 10.5. The Hall–Kier alpha value is -2.54. The van der Waals surface area contributed by atoms with E-state index < -0.39 is 12.1 Å². The van der Waals surface area contributed by atoms with Crippen LogP contribution in [-0.2, 0) is 9.53 Å². The van der Waals surface area contributed by atoms with E-state index in [-0.39, 0.29) is 18.6 Å². The summed E-state index contributed by atoms with van der Waals surface area (Å²) in [6.07, 6.45) is 1.84. The Balaban J connectivity index is 1.86. The molecule has 1 aliphatic rings. The van der Waals surface area contributed by atoms with Gasteiger partial charge in [-0.2, -0.15) is 0 Å². The molecule has 2 heterocycles. The SMILES string of the molecule is C[C@@H]1CN(C(=O)c2ccc3nccnc3c2)CC(C(=O)O)O1. The highest BCUT2D eigenvalue weighted by molar-refractivity contribution is 5.97. The molecule has 2 aromatic rings. The molecule has 22 heavy (non-hydrogen) atoms. The molecule has 1 amide bonds. The van der Waals surface area contributed by atoms with Crippen molar-refractivity contribution in [1.82, 2.24) is 14.9 Å². The molecule has 1 saturated heterocycles. The summed E-state index contributed by atoms with van der Waals surface area (Å²) in [5.41, 5.74) is 1.80. The second-order valence-electron chi connectivity index (χ2n) is 5.24. The maximum Gasteiger partial charge on any atom is 0.334 e. The van der Waals surface area contributed by atoms with Gasteiger partial charge in [0.05, 0.1) is 23.7 Å². The molecule has 1 fully saturated rings. The first-order valence-electron chi connectivity index (χ1n) is 6.93. The molecule has 1 aromatic heterocycles. The smallest absolute Gasteiger partial charge is 0.334 e. The van der Waals surface area contributed by atoms with E-state index in [9.17, 15) is 9.59 Å². The minimum absolute atomic E-state index is 0.0387. The van der Waals surface area contributed by atoms with Gasteiger partial charge in [-0.05, 0) is 25.1 Å². The number of rotatable bonds is 2. The van der Waals surface area contributed by atoms with Gasteiger partial charge in [0.15, 0.2) is 6.10 Å². The van der Waals surface area contributed by atoms with Crippen LogP contribution in [0.1, 0.15) is 17.3 Å². The molecule has 0 saturated carbocycles. The van der Waals surface area contributed by atoms with Crippen LogP contribution < -0.4 is 0 Å². The number of aliphatic carboxylic acids is 1. The number of morpholine rings is 1. The van der Waals surface area contributed by atoms with Crippen molar-refractivity contribution in [1.29, 1.82) is 0 Å². The lowest BCUT2D eigenvalue weighted by Crippen LogP contribution is -2.51. The number of carboxylic acid groups (broad SMARTS) is 1. The number of fused-ring (bicyclic) bond motifs is 1. The summed E-state index contributed by atoms with van der Waals surface area (Å²) in [5.74, 6) is -1.29. The third kappa shape index (κ3) is 2.75. The van der Waals surface area contributed by atoms with E-state index in [1.807, 2.05) is 0 Å². The lowest BCUT2D eigenvalue weighted by molar-refractivity contribution is -0.160. The van der Waals surface area contributed by atoms with Crippen molar-refractivity contribution in [3.63, 3.8) is 0 Å². The van der Waals surface area contributed by atoms with Crippen LogP contribution in [-0.4, -0.2) is 57.1 Å². The lowest BCUT2D eigenvalue weighted by Gasteiger charge is -2.35. The Morgan fingerprint density at radius 1 is 1.23 bits per heavy atom. The van der Waals surface area contributed by atoms with Crippen molar-refractivity contribution >= 4 is 22.9 Å².